The smallest absolute Gasteiger partial charge is 0.321 e. The van der Waals surface area contributed by atoms with Crippen LogP contribution in [0.15, 0.2) is 48.8 Å². The second-order valence-corrected chi connectivity index (χ2v) is 6.96. The zero-order valence-electron chi connectivity index (χ0n) is 17.7. The van der Waals surface area contributed by atoms with Gasteiger partial charge >= 0.3 is 12.0 Å². The van der Waals surface area contributed by atoms with Crippen LogP contribution in [0.2, 0.25) is 0 Å². The molecule has 170 valence electrons. The average Bonchev–Trinajstić information content (AvgIpc) is 2.74. The SMILES string of the molecule is CCOC(=O)CC(NC(=O)C(C)(O)NC(=O)Nc1ccc(C(=N)N)cc1)c1cccnc1. The van der Waals surface area contributed by atoms with E-state index >= 15 is 0 Å². The lowest BCUT2D eigenvalue weighted by atomic mass is 10.0. The number of hydrogen-bond acceptors (Lipinski definition) is 7. The van der Waals surface area contributed by atoms with Crippen molar-refractivity contribution in [2.45, 2.75) is 32.0 Å². The fraction of sp³-hybridized carbons (Fsp3) is 0.286. The Morgan fingerprint density at radius 1 is 1.25 bits per heavy atom. The number of carbonyl (C=O) groups is 3. The van der Waals surface area contributed by atoms with E-state index in [1.165, 1.54) is 36.7 Å². The van der Waals surface area contributed by atoms with Crippen molar-refractivity contribution >= 4 is 29.4 Å². The lowest BCUT2D eigenvalue weighted by Crippen LogP contribution is -2.58. The minimum absolute atomic E-state index is 0.119. The molecule has 2 unspecified atom stereocenters. The maximum absolute atomic E-state index is 12.7. The molecule has 0 spiro atoms. The van der Waals surface area contributed by atoms with Crippen molar-refractivity contribution in [3.05, 3.63) is 59.9 Å². The Hall–Kier alpha value is -3.99. The van der Waals surface area contributed by atoms with Crippen molar-refractivity contribution in [3.8, 4) is 0 Å². The lowest BCUT2D eigenvalue weighted by molar-refractivity contribution is -0.145. The van der Waals surface area contributed by atoms with Gasteiger partial charge < -0.3 is 31.5 Å². The summed E-state index contributed by atoms with van der Waals surface area (Å²) in [5, 5.41) is 25.1. The topological polar surface area (TPSA) is 180 Å². The molecule has 0 saturated heterocycles. The Morgan fingerprint density at radius 3 is 2.50 bits per heavy atom. The van der Waals surface area contributed by atoms with Gasteiger partial charge in [-0.25, -0.2) is 4.79 Å². The van der Waals surface area contributed by atoms with Crippen molar-refractivity contribution in [2.75, 3.05) is 11.9 Å². The number of aliphatic hydroxyl groups is 1. The van der Waals surface area contributed by atoms with E-state index in [0.717, 1.165) is 6.92 Å². The second-order valence-electron chi connectivity index (χ2n) is 6.96. The summed E-state index contributed by atoms with van der Waals surface area (Å²) in [6, 6.07) is 7.74. The van der Waals surface area contributed by atoms with Gasteiger partial charge in [-0.3, -0.25) is 20.0 Å². The molecule has 1 heterocycles. The molecule has 0 bridgehead atoms. The second kappa shape index (κ2) is 10.9. The Labute approximate surface area is 184 Å². The highest BCUT2D eigenvalue weighted by atomic mass is 16.5. The zero-order valence-corrected chi connectivity index (χ0v) is 17.7. The summed E-state index contributed by atoms with van der Waals surface area (Å²) in [6.07, 6.45) is 2.83. The first-order chi connectivity index (χ1) is 15.1. The van der Waals surface area contributed by atoms with E-state index in [1.807, 2.05) is 0 Å². The lowest BCUT2D eigenvalue weighted by Gasteiger charge is -2.27. The highest BCUT2D eigenvalue weighted by Gasteiger charge is 2.34. The molecule has 2 atom stereocenters. The molecular formula is C21H26N6O5. The van der Waals surface area contributed by atoms with Gasteiger partial charge in [0.25, 0.3) is 5.91 Å². The molecule has 11 heteroatoms. The zero-order chi connectivity index (χ0) is 23.7. The fourth-order valence-corrected chi connectivity index (χ4v) is 2.69. The van der Waals surface area contributed by atoms with Gasteiger partial charge in [0.15, 0.2) is 0 Å². The molecule has 1 aromatic heterocycles. The van der Waals surface area contributed by atoms with E-state index in [1.54, 1.807) is 19.1 Å². The van der Waals surface area contributed by atoms with Gasteiger partial charge in [0.1, 0.15) is 5.84 Å². The summed E-state index contributed by atoms with van der Waals surface area (Å²) in [7, 11) is 0. The summed E-state index contributed by atoms with van der Waals surface area (Å²) in [4.78, 5) is 40.9. The van der Waals surface area contributed by atoms with Crippen LogP contribution in [0.5, 0.6) is 0 Å². The molecule has 7 N–H and O–H groups in total. The molecular weight excluding hydrogens is 416 g/mol. The molecule has 1 aromatic carbocycles. The number of pyridine rings is 1. The standard InChI is InChI=1S/C21H26N6O5/c1-3-32-17(28)11-16(14-5-4-10-24-12-14)26-19(29)21(2,31)27-20(30)25-15-8-6-13(7-9-15)18(22)23/h4-10,12,16,31H,3,11H2,1-2H3,(H3,22,23)(H,26,29)(H2,25,27,30). The van der Waals surface area contributed by atoms with Gasteiger partial charge in [-0.2, -0.15) is 0 Å². The van der Waals surface area contributed by atoms with E-state index in [2.05, 4.69) is 20.9 Å². The van der Waals surface area contributed by atoms with Gasteiger partial charge in [-0.05, 0) is 49.7 Å². The third-order valence-corrected chi connectivity index (χ3v) is 4.32. The molecule has 11 nitrogen and oxygen atoms in total. The number of carbonyl (C=O) groups excluding carboxylic acids is 3. The van der Waals surface area contributed by atoms with Crippen molar-refractivity contribution in [3.63, 3.8) is 0 Å². The number of amides is 3. The summed E-state index contributed by atoms with van der Waals surface area (Å²) in [6.45, 7) is 2.95. The molecule has 0 aliphatic heterocycles. The van der Waals surface area contributed by atoms with Crippen LogP contribution in [0.3, 0.4) is 0 Å². The average molecular weight is 442 g/mol. The van der Waals surface area contributed by atoms with Gasteiger partial charge in [0, 0.05) is 23.6 Å². The van der Waals surface area contributed by atoms with E-state index < -0.39 is 29.7 Å². The highest BCUT2D eigenvalue weighted by Crippen LogP contribution is 2.18. The van der Waals surface area contributed by atoms with Crippen LogP contribution < -0.4 is 21.7 Å². The molecule has 0 fully saturated rings. The van der Waals surface area contributed by atoms with Crippen LogP contribution in [0, 0.1) is 5.41 Å². The highest BCUT2D eigenvalue weighted by molar-refractivity contribution is 5.97. The van der Waals surface area contributed by atoms with E-state index in [4.69, 9.17) is 15.9 Å². The normalized spacial score (nSPS) is 13.2. The third-order valence-electron chi connectivity index (χ3n) is 4.32. The summed E-state index contributed by atoms with van der Waals surface area (Å²) >= 11 is 0. The molecule has 2 rings (SSSR count). The fourth-order valence-electron chi connectivity index (χ4n) is 2.69. The number of esters is 1. The van der Waals surface area contributed by atoms with Crippen LogP contribution >= 0.6 is 0 Å². The van der Waals surface area contributed by atoms with Crippen molar-refractivity contribution < 1.29 is 24.2 Å². The number of ether oxygens (including phenoxy) is 1. The number of benzene rings is 1. The first kappa shape index (κ1) is 24.3. The number of nitrogens with one attached hydrogen (secondary N) is 4. The quantitative estimate of drug-likeness (QED) is 0.145. The first-order valence-corrected chi connectivity index (χ1v) is 9.75. The third kappa shape index (κ3) is 7.06. The predicted octanol–water partition coefficient (Wildman–Crippen LogP) is 1.01. The molecule has 0 saturated carbocycles. The van der Waals surface area contributed by atoms with Gasteiger partial charge in [-0.15, -0.1) is 0 Å². The maximum atomic E-state index is 12.7. The molecule has 0 aliphatic carbocycles. The number of nitrogen functional groups attached to an aromatic ring is 1. The van der Waals surface area contributed by atoms with Gasteiger partial charge in [0.2, 0.25) is 5.72 Å². The largest absolute Gasteiger partial charge is 0.466 e. The minimum Gasteiger partial charge on any atom is -0.466 e. The van der Waals surface area contributed by atoms with Crippen molar-refractivity contribution in [1.29, 1.82) is 5.41 Å². The van der Waals surface area contributed by atoms with E-state index in [9.17, 15) is 19.5 Å². The number of aromatic nitrogens is 1. The number of nitrogens with zero attached hydrogens (tertiary/aromatic N) is 1. The summed E-state index contributed by atoms with van der Waals surface area (Å²) < 4.78 is 4.94. The van der Waals surface area contributed by atoms with Gasteiger partial charge in [-0.1, -0.05) is 6.07 Å². The molecule has 2 aromatic rings. The van der Waals surface area contributed by atoms with Crippen LogP contribution in [-0.2, 0) is 14.3 Å². The van der Waals surface area contributed by atoms with Crippen LogP contribution in [0.25, 0.3) is 0 Å². The number of nitrogens with two attached hydrogens (primary N) is 1. The van der Waals surface area contributed by atoms with Crippen molar-refractivity contribution in [2.24, 2.45) is 5.73 Å². The Balaban J connectivity index is 2.05. The molecule has 32 heavy (non-hydrogen) atoms. The Morgan fingerprint density at radius 2 is 1.94 bits per heavy atom. The number of urea groups is 1. The van der Waals surface area contributed by atoms with E-state index in [-0.39, 0.29) is 18.9 Å². The minimum atomic E-state index is -2.29. The summed E-state index contributed by atoms with van der Waals surface area (Å²) in [5.41, 5.74) is 4.46. The molecule has 0 radical (unpaired) electrons. The summed E-state index contributed by atoms with van der Waals surface area (Å²) in [5.74, 6) is -1.59. The number of amidine groups is 1. The van der Waals surface area contributed by atoms with Crippen LogP contribution in [0.1, 0.15) is 37.4 Å². The van der Waals surface area contributed by atoms with Crippen LogP contribution in [0.4, 0.5) is 10.5 Å². The monoisotopic (exact) mass is 442 g/mol. The van der Waals surface area contributed by atoms with Crippen LogP contribution in [-0.4, -0.2) is 46.2 Å². The van der Waals surface area contributed by atoms with Crippen molar-refractivity contribution in [1.82, 2.24) is 15.6 Å². The molecule has 0 aliphatic rings. The van der Waals surface area contributed by atoms with Gasteiger partial charge in [0.05, 0.1) is 19.1 Å². The van der Waals surface area contributed by atoms with E-state index in [0.29, 0.717) is 16.8 Å². The number of rotatable bonds is 9. The maximum Gasteiger partial charge on any atom is 0.321 e. The first-order valence-electron chi connectivity index (χ1n) is 9.75. The molecule has 3 amide bonds. The number of hydrogen-bond donors (Lipinski definition) is 6. The Bertz CT molecular complexity index is 962. The number of anilines is 1. The predicted molar refractivity (Wildman–Crippen MR) is 117 cm³/mol. The Kier molecular flexibility index (Phi) is 8.24.